The highest BCUT2D eigenvalue weighted by atomic mass is 79.9. The van der Waals surface area contributed by atoms with E-state index in [-0.39, 0.29) is 0 Å². The van der Waals surface area contributed by atoms with E-state index in [1.54, 1.807) is 0 Å². The molecule has 1 aromatic heterocycles. The lowest BCUT2D eigenvalue weighted by atomic mass is 9.97. The molecule has 0 amide bonds. The first-order chi connectivity index (χ1) is 8.54. The summed E-state index contributed by atoms with van der Waals surface area (Å²) in [5.41, 5.74) is 7.04. The molecule has 0 bridgehead atoms. The van der Waals surface area contributed by atoms with E-state index in [1.165, 1.54) is 0 Å². The van der Waals surface area contributed by atoms with Crippen molar-refractivity contribution in [1.29, 1.82) is 0 Å². The molecule has 1 aliphatic rings. The van der Waals surface area contributed by atoms with Crippen molar-refractivity contribution in [3.63, 3.8) is 0 Å². The summed E-state index contributed by atoms with van der Waals surface area (Å²) in [4.78, 5) is 7.10. The Labute approximate surface area is 125 Å². The first-order valence-electron chi connectivity index (χ1n) is 6.31. The number of hydrogen-bond donors (Lipinski definition) is 1. The summed E-state index contributed by atoms with van der Waals surface area (Å²) in [6.07, 6.45) is 3.02. The molecule has 2 heterocycles. The minimum Gasteiger partial charge on any atom is -0.330 e. The molecule has 3 nitrogen and oxygen atoms in total. The normalized spacial score (nSPS) is 25.0. The summed E-state index contributed by atoms with van der Waals surface area (Å²) in [6, 6.07) is 2.91. The second kappa shape index (κ2) is 5.99. The van der Waals surface area contributed by atoms with E-state index in [2.05, 4.69) is 61.7 Å². The molecule has 0 spiro atoms. The molecule has 1 aromatic rings. The second-order valence-corrected chi connectivity index (χ2v) is 6.85. The van der Waals surface area contributed by atoms with Crippen molar-refractivity contribution in [1.82, 2.24) is 9.88 Å². The fourth-order valence-corrected chi connectivity index (χ4v) is 3.95. The number of pyridine rings is 1. The number of likely N-dealkylation sites (tertiary alicyclic amines) is 1. The summed E-state index contributed by atoms with van der Waals surface area (Å²) in [6.45, 7) is 6.30. The van der Waals surface area contributed by atoms with E-state index < -0.39 is 0 Å². The summed E-state index contributed by atoms with van der Waals surface area (Å²) >= 11 is 7.08. The van der Waals surface area contributed by atoms with Crippen molar-refractivity contribution in [3.05, 3.63) is 26.9 Å². The predicted octanol–water partition coefficient (Wildman–Crippen LogP) is 3.34. The van der Waals surface area contributed by atoms with Gasteiger partial charge in [0.1, 0.15) is 0 Å². The molecular weight excluding hydrogens is 358 g/mol. The number of rotatable bonds is 3. The van der Waals surface area contributed by atoms with Gasteiger partial charge in [0.2, 0.25) is 0 Å². The predicted molar refractivity (Wildman–Crippen MR) is 81.4 cm³/mol. The maximum absolute atomic E-state index is 5.92. The van der Waals surface area contributed by atoms with Gasteiger partial charge in [-0.2, -0.15) is 0 Å². The van der Waals surface area contributed by atoms with E-state index in [1.807, 2.05) is 6.20 Å². The smallest absolute Gasteiger partial charge is 0.0721 e. The van der Waals surface area contributed by atoms with Gasteiger partial charge in [0, 0.05) is 21.2 Å². The van der Waals surface area contributed by atoms with Crippen LogP contribution in [0.2, 0.25) is 0 Å². The van der Waals surface area contributed by atoms with Crippen LogP contribution in [0.3, 0.4) is 0 Å². The maximum atomic E-state index is 5.92. The summed E-state index contributed by atoms with van der Waals surface area (Å²) < 4.78 is 2.06. The molecule has 2 rings (SSSR count). The van der Waals surface area contributed by atoms with Crippen molar-refractivity contribution < 1.29 is 0 Å². The van der Waals surface area contributed by atoms with Crippen LogP contribution >= 0.6 is 31.9 Å². The van der Waals surface area contributed by atoms with E-state index in [4.69, 9.17) is 5.73 Å². The van der Waals surface area contributed by atoms with Gasteiger partial charge >= 0.3 is 0 Å². The molecule has 2 N–H and O–H groups in total. The molecule has 5 heteroatoms. The van der Waals surface area contributed by atoms with Crippen LogP contribution in [-0.4, -0.2) is 29.0 Å². The third kappa shape index (κ3) is 2.79. The summed E-state index contributed by atoms with van der Waals surface area (Å²) in [5, 5.41) is 0. The molecule has 1 aliphatic heterocycles. The van der Waals surface area contributed by atoms with Crippen LogP contribution in [0.15, 0.2) is 21.2 Å². The lowest BCUT2D eigenvalue weighted by molar-refractivity contribution is 0.180. The Morgan fingerprint density at radius 2 is 2.22 bits per heavy atom. The SMILES string of the molecule is CC(C)N1CCC(CN)C1c1ncc(Br)cc1Br. The van der Waals surface area contributed by atoms with E-state index in [9.17, 15) is 0 Å². The fourth-order valence-electron chi connectivity index (χ4n) is 2.73. The topological polar surface area (TPSA) is 42.1 Å². The average molecular weight is 377 g/mol. The Morgan fingerprint density at radius 3 is 2.78 bits per heavy atom. The van der Waals surface area contributed by atoms with Crippen molar-refractivity contribution in [3.8, 4) is 0 Å². The van der Waals surface area contributed by atoms with Crippen LogP contribution in [0.1, 0.15) is 32.0 Å². The quantitative estimate of drug-likeness (QED) is 0.879. The Kier molecular flexibility index (Phi) is 4.80. The number of aromatic nitrogens is 1. The minimum absolute atomic E-state index is 0.331. The summed E-state index contributed by atoms with van der Waals surface area (Å²) in [5.74, 6) is 0.498. The number of nitrogens with two attached hydrogens (primary N) is 1. The Balaban J connectivity index is 2.37. The van der Waals surface area contributed by atoms with Gasteiger partial charge in [0.25, 0.3) is 0 Å². The van der Waals surface area contributed by atoms with Gasteiger partial charge in [-0.1, -0.05) is 0 Å². The largest absolute Gasteiger partial charge is 0.330 e. The van der Waals surface area contributed by atoms with Crippen LogP contribution in [-0.2, 0) is 0 Å². The number of halogens is 2. The Bertz CT molecular complexity index is 423. The van der Waals surface area contributed by atoms with Crippen LogP contribution in [0.5, 0.6) is 0 Å². The first kappa shape index (κ1) is 14.4. The van der Waals surface area contributed by atoms with E-state index >= 15 is 0 Å². The summed E-state index contributed by atoms with van der Waals surface area (Å²) in [7, 11) is 0. The molecule has 100 valence electrons. The minimum atomic E-state index is 0.331. The van der Waals surface area contributed by atoms with Gasteiger partial charge in [0.05, 0.1) is 11.7 Å². The van der Waals surface area contributed by atoms with Gasteiger partial charge in [-0.25, -0.2) is 0 Å². The molecule has 1 fully saturated rings. The zero-order chi connectivity index (χ0) is 13.3. The molecule has 18 heavy (non-hydrogen) atoms. The van der Waals surface area contributed by atoms with Crippen molar-refractivity contribution >= 4 is 31.9 Å². The third-order valence-electron chi connectivity index (χ3n) is 3.64. The highest BCUT2D eigenvalue weighted by molar-refractivity contribution is 9.11. The van der Waals surface area contributed by atoms with Crippen molar-refractivity contribution in [2.24, 2.45) is 11.7 Å². The zero-order valence-electron chi connectivity index (χ0n) is 10.7. The number of nitrogens with zero attached hydrogens (tertiary/aromatic N) is 2. The first-order valence-corrected chi connectivity index (χ1v) is 7.90. The second-order valence-electron chi connectivity index (χ2n) is 5.08. The lowest BCUT2D eigenvalue weighted by Crippen LogP contribution is -2.34. The number of hydrogen-bond acceptors (Lipinski definition) is 3. The van der Waals surface area contributed by atoms with E-state index in [0.29, 0.717) is 18.0 Å². The molecule has 0 saturated carbocycles. The third-order valence-corrected chi connectivity index (χ3v) is 4.71. The molecule has 0 aromatic carbocycles. The van der Waals surface area contributed by atoms with Gasteiger partial charge in [-0.05, 0) is 77.2 Å². The van der Waals surface area contributed by atoms with Crippen LogP contribution in [0, 0.1) is 5.92 Å². The highest BCUT2D eigenvalue weighted by Crippen LogP contribution is 2.40. The van der Waals surface area contributed by atoms with Gasteiger partial charge in [-0.15, -0.1) is 0 Å². The van der Waals surface area contributed by atoms with Crippen molar-refractivity contribution in [2.75, 3.05) is 13.1 Å². The Hall–Kier alpha value is 0.0300. The van der Waals surface area contributed by atoms with Crippen molar-refractivity contribution in [2.45, 2.75) is 32.4 Å². The van der Waals surface area contributed by atoms with Crippen LogP contribution < -0.4 is 5.73 Å². The van der Waals surface area contributed by atoms with E-state index in [0.717, 1.165) is 34.1 Å². The highest BCUT2D eigenvalue weighted by Gasteiger charge is 2.37. The maximum Gasteiger partial charge on any atom is 0.0721 e. The zero-order valence-corrected chi connectivity index (χ0v) is 13.9. The van der Waals surface area contributed by atoms with Gasteiger partial charge in [-0.3, -0.25) is 9.88 Å². The fraction of sp³-hybridized carbons (Fsp3) is 0.615. The van der Waals surface area contributed by atoms with Gasteiger partial charge in [0.15, 0.2) is 0 Å². The molecule has 0 radical (unpaired) electrons. The molecule has 2 unspecified atom stereocenters. The molecule has 2 atom stereocenters. The molecular formula is C13H19Br2N3. The lowest BCUT2D eigenvalue weighted by Gasteiger charge is -2.31. The molecule has 1 saturated heterocycles. The monoisotopic (exact) mass is 375 g/mol. The van der Waals surface area contributed by atoms with Crippen LogP contribution in [0.4, 0.5) is 0 Å². The Morgan fingerprint density at radius 1 is 1.50 bits per heavy atom. The van der Waals surface area contributed by atoms with Crippen LogP contribution in [0.25, 0.3) is 0 Å². The standard InChI is InChI=1S/C13H19Br2N3/c1-8(2)18-4-3-9(6-16)13(18)12-11(15)5-10(14)7-17-12/h5,7-9,13H,3-4,6,16H2,1-2H3. The van der Waals surface area contributed by atoms with Gasteiger partial charge < -0.3 is 5.73 Å². The molecule has 0 aliphatic carbocycles. The average Bonchev–Trinajstić information content (AvgIpc) is 2.72.